The number of amides is 2. The maximum Gasteiger partial charge on any atom is 0.253 e. The Morgan fingerprint density at radius 2 is 2.03 bits per heavy atom. The number of hydrogen-bond acceptors (Lipinski definition) is 5. The molecule has 2 fully saturated rings. The first-order valence-corrected chi connectivity index (χ1v) is 12.9. The first kappa shape index (κ1) is 25.9. The smallest absolute Gasteiger partial charge is 0.253 e. The lowest BCUT2D eigenvalue weighted by atomic mass is 9.99. The predicted octanol–water partition coefficient (Wildman–Crippen LogP) is 4.32. The lowest BCUT2D eigenvalue weighted by Crippen LogP contribution is -2.28. The number of nitrogens with zero attached hydrogens (tertiary/aromatic N) is 2. The molecule has 2 amide bonds. The predicted molar refractivity (Wildman–Crippen MR) is 145 cm³/mol. The van der Waals surface area contributed by atoms with E-state index < -0.39 is 6.17 Å². The first-order chi connectivity index (χ1) is 18.3. The van der Waals surface area contributed by atoms with E-state index in [0.29, 0.717) is 42.3 Å². The van der Waals surface area contributed by atoms with Gasteiger partial charge in [-0.05, 0) is 59.0 Å². The van der Waals surface area contributed by atoms with Crippen LogP contribution < -0.4 is 11.1 Å². The number of anilines is 1. The zero-order valence-corrected chi connectivity index (χ0v) is 21.4. The molecule has 38 heavy (non-hydrogen) atoms. The van der Waals surface area contributed by atoms with E-state index in [1.54, 1.807) is 35.4 Å². The number of nitrogens with two attached hydrogens (primary N) is 1. The summed E-state index contributed by atoms with van der Waals surface area (Å²) in [5, 5.41) is 3.36. The molecule has 3 unspecified atom stereocenters. The van der Waals surface area contributed by atoms with Crippen molar-refractivity contribution in [2.45, 2.75) is 37.8 Å². The fraction of sp³-hybridized carbons (Fsp3) is 0.276. The van der Waals surface area contributed by atoms with Crippen LogP contribution in [-0.2, 0) is 16.1 Å². The number of pyridine rings is 1. The van der Waals surface area contributed by atoms with Gasteiger partial charge in [-0.2, -0.15) is 0 Å². The summed E-state index contributed by atoms with van der Waals surface area (Å²) in [4.78, 5) is 30.5. The van der Waals surface area contributed by atoms with Crippen LogP contribution >= 0.6 is 11.6 Å². The lowest BCUT2D eigenvalue weighted by Gasteiger charge is -2.15. The van der Waals surface area contributed by atoms with Gasteiger partial charge in [-0.3, -0.25) is 9.59 Å². The molecule has 2 aromatic rings. The Morgan fingerprint density at radius 3 is 2.74 bits per heavy atom. The van der Waals surface area contributed by atoms with Crippen molar-refractivity contribution < 1.29 is 18.7 Å². The van der Waals surface area contributed by atoms with E-state index in [9.17, 15) is 14.0 Å². The van der Waals surface area contributed by atoms with Gasteiger partial charge in [-0.25, -0.2) is 9.37 Å². The average molecular weight is 535 g/mol. The molecule has 7 nitrogen and oxygen atoms in total. The van der Waals surface area contributed by atoms with E-state index in [1.807, 2.05) is 36.4 Å². The van der Waals surface area contributed by atoms with E-state index in [4.69, 9.17) is 22.1 Å². The summed E-state index contributed by atoms with van der Waals surface area (Å²) in [7, 11) is 0. The summed E-state index contributed by atoms with van der Waals surface area (Å²) in [6.07, 6.45) is 10.1. The molecule has 9 heteroatoms. The van der Waals surface area contributed by atoms with Gasteiger partial charge in [0.2, 0.25) is 5.91 Å². The quantitative estimate of drug-likeness (QED) is 0.538. The number of carbonyl (C=O) groups is 2. The summed E-state index contributed by atoms with van der Waals surface area (Å²) < 4.78 is 19.6. The standard InChI is InChI=1S/C29H28ClFN4O3/c30-23-12-21(19-2-4-20(5-3-19)29(37)35-10-9-24(31)17-35)11-22-13-25(38-26(22)14-23)6-8-28(36)34-16-18-1-7-27(32)33-15-18/h1-8,11-12,14-15,24-26H,9-10,13,16-17H2,(H2,32,33)(H,34,36)/b8-6+. The zero-order valence-electron chi connectivity index (χ0n) is 20.6. The molecule has 5 rings (SSSR count). The van der Waals surface area contributed by atoms with Gasteiger partial charge in [0.1, 0.15) is 12.0 Å². The number of likely N-dealkylation sites (tertiary alicyclic amines) is 1. The van der Waals surface area contributed by atoms with Crippen LogP contribution in [-0.4, -0.2) is 53.2 Å². The molecule has 2 saturated heterocycles. The van der Waals surface area contributed by atoms with Crippen molar-refractivity contribution in [2.24, 2.45) is 0 Å². The van der Waals surface area contributed by atoms with E-state index in [1.165, 1.54) is 6.08 Å². The molecule has 0 bridgehead atoms. The summed E-state index contributed by atoms with van der Waals surface area (Å²) >= 11 is 6.48. The van der Waals surface area contributed by atoms with Crippen molar-refractivity contribution in [3.63, 3.8) is 0 Å². The number of benzene rings is 1. The van der Waals surface area contributed by atoms with E-state index in [-0.39, 0.29) is 30.6 Å². The summed E-state index contributed by atoms with van der Waals surface area (Å²) in [5.74, 6) is 0.0429. The second-order valence-electron chi connectivity index (χ2n) is 9.55. The largest absolute Gasteiger partial charge is 0.384 e. The lowest BCUT2D eigenvalue weighted by molar-refractivity contribution is -0.116. The number of rotatable bonds is 6. The second kappa shape index (κ2) is 11.3. The van der Waals surface area contributed by atoms with E-state index in [0.717, 1.165) is 22.3 Å². The maximum absolute atomic E-state index is 13.5. The highest BCUT2D eigenvalue weighted by molar-refractivity contribution is 6.32. The number of ether oxygens (including phenoxy) is 1. The molecule has 2 aliphatic heterocycles. The SMILES string of the molecule is Nc1ccc(CNC(=O)/C=C/C2CC3=CC(c4ccc(C(=O)N5CCC(F)C5)cc4)=CC(Cl)=CC3O2)cn1. The van der Waals surface area contributed by atoms with Gasteiger partial charge < -0.3 is 20.7 Å². The molecule has 196 valence electrons. The van der Waals surface area contributed by atoms with Crippen molar-refractivity contribution in [1.29, 1.82) is 0 Å². The van der Waals surface area contributed by atoms with Crippen LogP contribution in [0.3, 0.4) is 0 Å². The van der Waals surface area contributed by atoms with Crippen molar-refractivity contribution in [2.75, 3.05) is 18.8 Å². The molecule has 3 atom stereocenters. The molecular formula is C29H28ClFN4O3. The minimum Gasteiger partial charge on any atom is -0.384 e. The minimum atomic E-state index is -0.948. The second-order valence-corrected chi connectivity index (χ2v) is 9.99. The number of fused-ring (bicyclic) bond motifs is 1. The van der Waals surface area contributed by atoms with Crippen LogP contribution in [0.5, 0.6) is 0 Å². The summed E-state index contributed by atoms with van der Waals surface area (Å²) in [6.45, 7) is 0.941. The zero-order chi connectivity index (χ0) is 26.6. The third kappa shape index (κ3) is 6.20. The number of nitrogen functional groups attached to an aromatic ring is 1. The van der Waals surface area contributed by atoms with Gasteiger partial charge in [0, 0.05) is 42.4 Å². The molecule has 1 aliphatic carbocycles. The van der Waals surface area contributed by atoms with Crippen molar-refractivity contribution in [3.8, 4) is 0 Å². The Bertz CT molecular complexity index is 1330. The molecule has 0 saturated carbocycles. The van der Waals surface area contributed by atoms with Gasteiger partial charge in [0.25, 0.3) is 5.91 Å². The molecule has 0 radical (unpaired) electrons. The fourth-order valence-electron chi connectivity index (χ4n) is 4.70. The van der Waals surface area contributed by atoms with Gasteiger partial charge in [0.15, 0.2) is 0 Å². The third-order valence-electron chi connectivity index (χ3n) is 6.73. The molecule has 3 N–H and O–H groups in total. The van der Waals surface area contributed by atoms with Gasteiger partial charge in [0.05, 0.1) is 18.8 Å². The highest BCUT2D eigenvalue weighted by Gasteiger charge is 2.29. The molecule has 1 aromatic heterocycles. The molecular weight excluding hydrogens is 507 g/mol. The molecule has 3 heterocycles. The number of allylic oxidation sites excluding steroid dienone is 4. The Balaban J connectivity index is 1.21. The molecule has 3 aliphatic rings. The Labute approximate surface area is 225 Å². The van der Waals surface area contributed by atoms with Gasteiger partial charge >= 0.3 is 0 Å². The number of alkyl halides is 1. The normalized spacial score (nSPS) is 22.9. The number of aromatic nitrogens is 1. The maximum atomic E-state index is 13.5. The van der Waals surface area contributed by atoms with Crippen molar-refractivity contribution in [3.05, 3.63) is 100 Å². The molecule has 0 spiro atoms. The number of halogens is 2. The number of nitrogens with one attached hydrogen (secondary N) is 1. The number of hydrogen-bond donors (Lipinski definition) is 2. The third-order valence-corrected chi connectivity index (χ3v) is 6.96. The van der Waals surface area contributed by atoms with Crippen molar-refractivity contribution >= 4 is 34.8 Å². The van der Waals surface area contributed by atoms with E-state index >= 15 is 0 Å². The van der Waals surface area contributed by atoms with Crippen LogP contribution in [0.2, 0.25) is 0 Å². The number of carbonyl (C=O) groups excluding carboxylic acids is 2. The Morgan fingerprint density at radius 1 is 1.21 bits per heavy atom. The van der Waals surface area contributed by atoms with Crippen molar-refractivity contribution in [1.82, 2.24) is 15.2 Å². The Hall–Kier alpha value is -3.75. The highest BCUT2D eigenvalue weighted by Crippen LogP contribution is 2.35. The average Bonchev–Trinajstić information content (AvgIpc) is 3.48. The summed E-state index contributed by atoms with van der Waals surface area (Å²) in [6, 6.07) is 10.8. The molecule has 1 aromatic carbocycles. The fourth-order valence-corrected chi connectivity index (χ4v) is 4.93. The first-order valence-electron chi connectivity index (χ1n) is 12.5. The van der Waals surface area contributed by atoms with Crippen LogP contribution in [0.1, 0.15) is 34.3 Å². The summed E-state index contributed by atoms with van der Waals surface area (Å²) in [5.41, 5.74) is 9.81. The highest BCUT2D eigenvalue weighted by atomic mass is 35.5. The monoisotopic (exact) mass is 534 g/mol. The van der Waals surface area contributed by atoms with Gasteiger partial charge in [-0.15, -0.1) is 0 Å². The van der Waals surface area contributed by atoms with Crippen LogP contribution in [0.25, 0.3) is 5.57 Å². The van der Waals surface area contributed by atoms with Crippen LogP contribution in [0.15, 0.2) is 83.6 Å². The topological polar surface area (TPSA) is 97.5 Å². The van der Waals surface area contributed by atoms with Crippen LogP contribution in [0, 0.1) is 0 Å². The van der Waals surface area contributed by atoms with Gasteiger partial charge in [-0.1, -0.05) is 42.0 Å². The van der Waals surface area contributed by atoms with E-state index in [2.05, 4.69) is 10.3 Å². The minimum absolute atomic E-state index is 0.150. The van der Waals surface area contributed by atoms with Crippen LogP contribution in [0.4, 0.5) is 10.2 Å². The Kier molecular flexibility index (Phi) is 7.72.